The van der Waals surface area contributed by atoms with Crippen molar-refractivity contribution in [1.29, 1.82) is 0 Å². The Balaban J connectivity index is 2.02. The van der Waals surface area contributed by atoms with Crippen molar-refractivity contribution in [3.8, 4) is 11.1 Å². The minimum absolute atomic E-state index is 0.449. The van der Waals surface area contributed by atoms with Gasteiger partial charge >= 0.3 is 0 Å². The lowest BCUT2D eigenvalue weighted by atomic mass is 10.0. The number of nitrogens with one attached hydrogen (secondary N) is 1. The lowest BCUT2D eigenvalue weighted by Gasteiger charge is -2.12. The summed E-state index contributed by atoms with van der Waals surface area (Å²) in [7, 11) is 0. The van der Waals surface area contributed by atoms with E-state index < -0.39 is 0 Å². The van der Waals surface area contributed by atoms with Crippen LogP contribution in [0, 0.1) is 0 Å². The zero-order chi connectivity index (χ0) is 14.8. The molecule has 1 heterocycles. The van der Waals surface area contributed by atoms with Gasteiger partial charge in [-0.25, -0.2) is 0 Å². The first-order valence-corrected chi connectivity index (χ1v) is 8.39. The van der Waals surface area contributed by atoms with E-state index in [0.29, 0.717) is 6.04 Å². The molecule has 0 fully saturated rings. The molecular formula is C18H18ClNS. The third-order valence-electron chi connectivity index (χ3n) is 3.54. The van der Waals surface area contributed by atoms with Crippen LogP contribution < -0.4 is 5.32 Å². The Morgan fingerprint density at radius 2 is 2.00 bits per heavy atom. The average Bonchev–Trinajstić information content (AvgIpc) is 2.94. The van der Waals surface area contributed by atoms with Gasteiger partial charge in [-0.3, -0.25) is 0 Å². The van der Waals surface area contributed by atoms with Crippen LogP contribution in [0.25, 0.3) is 21.2 Å². The maximum atomic E-state index is 6.33. The second kappa shape index (κ2) is 6.18. The molecule has 3 aromatic rings. The standard InChI is InChI=1S/C18H18ClNS/c1-12(2)20-11-15-10-14(6-7-17(15)19)16-5-3-4-13-8-9-21-18(13)16/h3-10,12,20H,11H2,1-2H3. The number of halogens is 1. The van der Waals surface area contributed by atoms with E-state index in [1.165, 1.54) is 21.2 Å². The van der Waals surface area contributed by atoms with Gasteiger partial charge in [-0.15, -0.1) is 11.3 Å². The quantitative estimate of drug-likeness (QED) is 0.649. The Hall–Kier alpha value is -1.35. The molecule has 1 aromatic heterocycles. The molecule has 0 amide bonds. The summed E-state index contributed by atoms with van der Waals surface area (Å²) >= 11 is 8.12. The fourth-order valence-electron chi connectivity index (χ4n) is 2.41. The Bertz CT molecular complexity index is 761. The van der Waals surface area contributed by atoms with Crippen LogP contribution in [0.15, 0.2) is 47.8 Å². The summed E-state index contributed by atoms with van der Waals surface area (Å²) in [5.74, 6) is 0. The van der Waals surface area contributed by atoms with Gasteiger partial charge in [0.15, 0.2) is 0 Å². The van der Waals surface area contributed by atoms with E-state index in [-0.39, 0.29) is 0 Å². The van der Waals surface area contributed by atoms with Crippen molar-refractivity contribution in [2.24, 2.45) is 0 Å². The van der Waals surface area contributed by atoms with Gasteiger partial charge in [0.25, 0.3) is 0 Å². The van der Waals surface area contributed by atoms with E-state index in [1.54, 1.807) is 11.3 Å². The highest BCUT2D eigenvalue weighted by Crippen LogP contribution is 2.34. The van der Waals surface area contributed by atoms with Crippen LogP contribution in [0.3, 0.4) is 0 Å². The molecule has 0 aliphatic rings. The number of fused-ring (bicyclic) bond motifs is 1. The summed E-state index contributed by atoms with van der Waals surface area (Å²) in [5, 5.41) is 7.70. The summed E-state index contributed by atoms with van der Waals surface area (Å²) in [6.07, 6.45) is 0. The first-order valence-electron chi connectivity index (χ1n) is 7.13. The van der Waals surface area contributed by atoms with Crippen LogP contribution in [0.5, 0.6) is 0 Å². The molecule has 108 valence electrons. The fourth-order valence-corrected chi connectivity index (χ4v) is 3.53. The average molecular weight is 316 g/mol. The van der Waals surface area contributed by atoms with Crippen LogP contribution in [-0.2, 0) is 6.54 Å². The highest BCUT2D eigenvalue weighted by molar-refractivity contribution is 7.17. The van der Waals surface area contributed by atoms with E-state index in [9.17, 15) is 0 Å². The molecule has 0 saturated carbocycles. The number of hydrogen-bond acceptors (Lipinski definition) is 2. The van der Waals surface area contributed by atoms with Crippen LogP contribution >= 0.6 is 22.9 Å². The first kappa shape index (κ1) is 14.6. The van der Waals surface area contributed by atoms with Crippen LogP contribution in [0.4, 0.5) is 0 Å². The van der Waals surface area contributed by atoms with Crippen molar-refractivity contribution < 1.29 is 0 Å². The topological polar surface area (TPSA) is 12.0 Å². The minimum Gasteiger partial charge on any atom is -0.310 e. The predicted octanol–water partition coefficient (Wildman–Crippen LogP) is 5.72. The first-order chi connectivity index (χ1) is 10.1. The molecule has 0 atom stereocenters. The van der Waals surface area contributed by atoms with Crippen LogP contribution in [0.1, 0.15) is 19.4 Å². The third-order valence-corrected chi connectivity index (χ3v) is 4.87. The summed E-state index contributed by atoms with van der Waals surface area (Å²) in [5.41, 5.74) is 3.66. The van der Waals surface area contributed by atoms with E-state index in [1.807, 2.05) is 6.07 Å². The van der Waals surface area contributed by atoms with Gasteiger partial charge in [-0.2, -0.15) is 0 Å². The molecule has 3 heteroatoms. The molecule has 21 heavy (non-hydrogen) atoms. The van der Waals surface area contributed by atoms with E-state index in [2.05, 4.69) is 60.9 Å². The highest BCUT2D eigenvalue weighted by atomic mass is 35.5. The van der Waals surface area contributed by atoms with Gasteiger partial charge in [0.2, 0.25) is 0 Å². The minimum atomic E-state index is 0.449. The SMILES string of the molecule is CC(C)NCc1cc(-c2cccc3ccsc23)ccc1Cl. The Morgan fingerprint density at radius 3 is 2.81 bits per heavy atom. The Labute approximate surface area is 134 Å². The van der Waals surface area contributed by atoms with Gasteiger partial charge in [-0.05, 0) is 45.7 Å². The van der Waals surface area contributed by atoms with Crippen molar-refractivity contribution >= 4 is 33.0 Å². The smallest absolute Gasteiger partial charge is 0.0451 e. The number of hydrogen-bond donors (Lipinski definition) is 1. The van der Waals surface area contributed by atoms with Gasteiger partial charge < -0.3 is 5.32 Å². The Kier molecular flexibility index (Phi) is 4.29. The van der Waals surface area contributed by atoms with Crippen molar-refractivity contribution in [2.75, 3.05) is 0 Å². The van der Waals surface area contributed by atoms with Gasteiger partial charge in [0.1, 0.15) is 0 Å². The summed E-state index contributed by atoms with van der Waals surface area (Å²) in [4.78, 5) is 0. The van der Waals surface area contributed by atoms with Crippen molar-refractivity contribution in [3.05, 3.63) is 58.4 Å². The second-order valence-electron chi connectivity index (χ2n) is 5.49. The lowest BCUT2D eigenvalue weighted by Crippen LogP contribution is -2.21. The molecule has 1 nitrogen and oxygen atoms in total. The maximum Gasteiger partial charge on any atom is 0.0451 e. The Morgan fingerprint density at radius 1 is 1.14 bits per heavy atom. The van der Waals surface area contributed by atoms with Crippen molar-refractivity contribution in [2.45, 2.75) is 26.4 Å². The van der Waals surface area contributed by atoms with E-state index in [0.717, 1.165) is 17.1 Å². The summed E-state index contributed by atoms with van der Waals surface area (Å²) in [6.45, 7) is 5.08. The third kappa shape index (κ3) is 3.13. The van der Waals surface area contributed by atoms with Crippen molar-refractivity contribution in [3.63, 3.8) is 0 Å². The molecule has 1 N–H and O–H groups in total. The highest BCUT2D eigenvalue weighted by Gasteiger charge is 2.08. The molecular weight excluding hydrogens is 298 g/mol. The maximum absolute atomic E-state index is 6.33. The van der Waals surface area contributed by atoms with Crippen LogP contribution in [0.2, 0.25) is 5.02 Å². The molecule has 3 rings (SSSR count). The number of benzene rings is 2. The largest absolute Gasteiger partial charge is 0.310 e. The molecule has 0 aliphatic carbocycles. The molecule has 0 spiro atoms. The van der Waals surface area contributed by atoms with Gasteiger partial charge in [0.05, 0.1) is 0 Å². The molecule has 0 saturated heterocycles. The van der Waals surface area contributed by atoms with E-state index in [4.69, 9.17) is 11.6 Å². The van der Waals surface area contributed by atoms with Crippen LogP contribution in [-0.4, -0.2) is 6.04 Å². The summed E-state index contributed by atoms with van der Waals surface area (Å²) in [6, 6.07) is 15.4. The number of thiophene rings is 1. The van der Waals surface area contributed by atoms with Gasteiger partial charge in [0, 0.05) is 22.3 Å². The molecule has 0 radical (unpaired) electrons. The normalized spacial score (nSPS) is 11.4. The monoisotopic (exact) mass is 315 g/mol. The number of rotatable bonds is 4. The molecule has 0 bridgehead atoms. The van der Waals surface area contributed by atoms with E-state index >= 15 is 0 Å². The zero-order valence-electron chi connectivity index (χ0n) is 12.2. The van der Waals surface area contributed by atoms with Gasteiger partial charge in [-0.1, -0.05) is 49.7 Å². The zero-order valence-corrected chi connectivity index (χ0v) is 13.8. The fraction of sp³-hybridized carbons (Fsp3) is 0.222. The second-order valence-corrected chi connectivity index (χ2v) is 6.81. The summed E-state index contributed by atoms with van der Waals surface area (Å²) < 4.78 is 1.34. The predicted molar refractivity (Wildman–Crippen MR) is 94.2 cm³/mol. The van der Waals surface area contributed by atoms with Crippen molar-refractivity contribution in [1.82, 2.24) is 5.32 Å². The lowest BCUT2D eigenvalue weighted by molar-refractivity contribution is 0.589. The molecule has 2 aromatic carbocycles. The molecule has 0 unspecified atom stereocenters. The molecule has 0 aliphatic heterocycles.